The fourth-order valence-electron chi connectivity index (χ4n) is 2.64. The van der Waals surface area contributed by atoms with Crippen LogP contribution in [0.1, 0.15) is 39.5 Å². The van der Waals surface area contributed by atoms with Gasteiger partial charge in [-0.15, -0.1) is 0 Å². The van der Waals surface area contributed by atoms with Crippen LogP contribution in [0.2, 0.25) is 0 Å². The molecule has 1 N–H and O–H groups in total. The summed E-state index contributed by atoms with van der Waals surface area (Å²) in [4.78, 5) is 4.12. The number of nitrogens with zero attached hydrogens (tertiary/aromatic N) is 2. The highest BCUT2D eigenvalue weighted by Gasteiger charge is 2.36. The van der Waals surface area contributed by atoms with Crippen molar-refractivity contribution in [3.8, 4) is 0 Å². The maximum Gasteiger partial charge on any atom is 0.262 e. The number of hydrogen-bond acceptors (Lipinski definition) is 4. The molecule has 0 spiro atoms. The van der Waals surface area contributed by atoms with Gasteiger partial charge in [0.2, 0.25) is 0 Å². The van der Waals surface area contributed by atoms with E-state index in [0.29, 0.717) is 12.2 Å². The molecular formula is C14H23N3O2S. The van der Waals surface area contributed by atoms with Gasteiger partial charge < -0.3 is 5.32 Å². The molecule has 1 saturated heterocycles. The van der Waals surface area contributed by atoms with Crippen molar-refractivity contribution < 1.29 is 8.42 Å². The smallest absolute Gasteiger partial charge is 0.262 e. The maximum absolute atomic E-state index is 12.8. The highest BCUT2D eigenvalue weighted by molar-refractivity contribution is 7.89. The molecule has 20 heavy (non-hydrogen) atoms. The summed E-state index contributed by atoms with van der Waals surface area (Å²) in [5.74, 6) is 0. The van der Waals surface area contributed by atoms with Crippen LogP contribution in [0.15, 0.2) is 23.4 Å². The first kappa shape index (κ1) is 15.3. The molecule has 1 aromatic rings. The summed E-state index contributed by atoms with van der Waals surface area (Å²) in [6, 6.07) is 3.66. The van der Waals surface area contributed by atoms with Crippen molar-refractivity contribution in [2.75, 3.05) is 18.4 Å². The fourth-order valence-corrected chi connectivity index (χ4v) is 4.49. The molecule has 2 heterocycles. The lowest BCUT2D eigenvalue weighted by Gasteiger charge is -2.23. The number of aromatic nitrogens is 1. The van der Waals surface area contributed by atoms with Crippen LogP contribution in [-0.4, -0.2) is 36.8 Å². The lowest BCUT2D eigenvalue weighted by Crippen LogP contribution is -2.36. The largest absolute Gasteiger partial charge is 0.383 e. The normalized spacial score (nSPS) is 20.2. The Labute approximate surface area is 121 Å². The highest BCUT2D eigenvalue weighted by Crippen LogP contribution is 2.29. The first-order valence-corrected chi connectivity index (χ1v) is 8.76. The zero-order chi connectivity index (χ0) is 14.6. The van der Waals surface area contributed by atoms with Gasteiger partial charge in [-0.25, -0.2) is 13.4 Å². The Kier molecular flexibility index (Phi) is 4.99. The van der Waals surface area contributed by atoms with E-state index in [4.69, 9.17) is 0 Å². The van der Waals surface area contributed by atoms with Gasteiger partial charge in [0.25, 0.3) is 10.0 Å². The molecule has 0 amide bonds. The van der Waals surface area contributed by atoms with Crippen LogP contribution in [0.25, 0.3) is 0 Å². The monoisotopic (exact) mass is 297 g/mol. The Hall–Kier alpha value is -1.14. The maximum atomic E-state index is 12.8. The van der Waals surface area contributed by atoms with Gasteiger partial charge in [-0.2, -0.15) is 4.31 Å². The van der Waals surface area contributed by atoms with Crippen molar-refractivity contribution in [2.24, 2.45) is 0 Å². The van der Waals surface area contributed by atoms with Crippen molar-refractivity contribution in [3.63, 3.8) is 0 Å². The van der Waals surface area contributed by atoms with Crippen molar-refractivity contribution in [1.82, 2.24) is 9.29 Å². The molecule has 2 rings (SSSR count). The van der Waals surface area contributed by atoms with Crippen molar-refractivity contribution >= 4 is 15.7 Å². The Morgan fingerprint density at radius 2 is 2.25 bits per heavy atom. The van der Waals surface area contributed by atoms with E-state index in [9.17, 15) is 8.42 Å². The summed E-state index contributed by atoms with van der Waals surface area (Å²) in [5, 5.41) is 3.32. The second-order valence-corrected chi connectivity index (χ2v) is 6.91. The minimum absolute atomic E-state index is 0.112. The summed E-state index contributed by atoms with van der Waals surface area (Å²) >= 11 is 0. The number of anilines is 1. The summed E-state index contributed by atoms with van der Waals surface area (Å²) in [7, 11) is -3.50. The quantitative estimate of drug-likeness (QED) is 0.876. The van der Waals surface area contributed by atoms with Crippen LogP contribution in [-0.2, 0) is 10.0 Å². The van der Waals surface area contributed by atoms with E-state index in [1.807, 2.05) is 13.8 Å². The van der Waals surface area contributed by atoms with Gasteiger partial charge in [0.15, 0.2) is 5.03 Å². The molecule has 1 aromatic heterocycles. The van der Waals surface area contributed by atoms with Gasteiger partial charge in [0.05, 0.1) is 5.69 Å². The number of pyridine rings is 1. The molecule has 1 aliphatic rings. The summed E-state index contributed by atoms with van der Waals surface area (Å²) in [6.45, 7) is 5.42. The van der Waals surface area contributed by atoms with Crippen LogP contribution >= 0.6 is 0 Å². The first-order chi connectivity index (χ1) is 9.61. The minimum Gasteiger partial charge on any atom is -0.383 e. The molecule has 0 saturated carbocycles. The molecule has 1 atom stereocenters. The van der Waals surface area contributed by atoms with Crippen LogP contribution in [0.5, 0.6) is 0 Å². The van der Waals surface area contributed by atoms with E-state index in [2.05, 4.69) is 10.3 Å². The Bertz CT molecular complexity index is 545. The van der Waals surface area contributed by atoms with Crippen LogP contribution in [0.4, 0.5) is 5.69 Å². The third-order valence-electron chi connectivity index (χ3n) is 3.68. The number of rotatable bonds is 6. The molecule has 0 radical (unpaired) electrons. The van der Waals surface area contributed by atoms with Crippen molar-refractivity contribution in [3.05, 3.63) is 18.3 Å². The van der Waals surface area contributed by atoms with E-state index in [-0.39, 0.29) is 11.1 Å². The molecule has 0 bridgehead atoms. The average molecular weight is 297 g/mol. The molecule has 112 valence electrons. The second kappa shape index (κ2) is 6.54. The third kappa shape index (κ3) is 2.96. The second-order valence-electron chi connectivity index (χ2n) is 5.10. The van der Waals surface area contributed by atoms with Gasteiger partial charge >= 0.3 is 0 Å². The van der Waals surface area contributed by atoms with Gasteiger partial charge in [0.1, 0.15) is 0 Å². The van der Waals surface area contributed by atoms with Crippen LogP contribution in [0.3, 0.4) is 0 Å². The highest BCUT2D eigenvalue weighted by atomic mass is 32.2. The zero-order valence-corrected chi connectivity index (χ0v) is 13.0. The average Bonchev–Trinajstić information content (AvgIpc) is 2.94. The van der Waals surface area contributed by atoms with Gasteiger partial charge in [-0.3, -0.25) is 0 Å². The Morgan fingerprint density at radius 1 is 1.45 bits per heavy atom. The van der Waals surface area contributed by atoms with Crippen LogP contribution in [0, 0.1) is 0 Å². The molecular weight excluding hydrogens is 274 g/mol. The molecule has 1 fully saturated rings. The Balaban J connectivity index is 2.34. The van der Waals surface area contributed by atoms with Gasteiger partial charge in [0, 0.05) is 25.3 Å². The van der Waals surface area contributed by atoms with Gasteiger partial charge in [-0.1, -0.05) is 13.8 Å². The van der Waals surface area contributed by atoms with E-state index < -0.39 is 10.0 Å². The minimum atomic E-state index is -3.50. The molecule has 1 aliphatic heterocycles. The zero-order valence-electron chi connectivity index (χ0n) is 12.2. The molecule has 0 aromatic carbocycles. The number of nitrogens with one attached hydrogen (secondary N) is 1. The van der Waals surface area contributed by atoms with Crippen molar-refractivity contribution in [2.45, 2.75) is 50.6 Å². The molecule has 5 nitrogen and oxygen atoms in total. The lowest BCUT2D eigenvalue weighted by atomic mass is 10.2. The van der Waals surface area contributed by atoms with E-state index in [1.165, 1.54) is 0 Å². The van der Waals surface area contributed by atoms with E-state index in [1.54, 1.807) is 22.6 Å². The Morgan fingerprint density at radius 3 is 2.95 bits per heavy atom. The standard InChI is InChI=1S/C14H23N3O2S/c1-3-9-15-13-8-5-10-16-14(13)20(18,19)17-11-6-7-12(17)4-2/h5,8,10,12,15H,3-4,6-7,9,11H2,1-2H3. The molecule has 6 heteroatoms. The summed E-state index contributed by atoms with van der Waals surface area (Å²) < 4.78 is 27.2. The van der Waals surface area contributed by atoms with Crippen LogP contribution < -0.4 is 5.32 Å². The summed E-state index contributed by atoms with van der Waals surface area (Å²) in [5.41, 5.74) is 0.608. The predicted molar refractivity (Wildman–Crippen MR) is 80.2 cm³/mol. The first-order valence-electron chi connectivity index (χ1n) is 7.32. The van der Waals surface area contributed by atoms with E-state index >= 15 is 0 Å². The molecule has 1 unspecified atom stereocenters. The topological polar surface area (TPSA) is 62.3 Å². The van der Waals surface area contributed by atoms with Gasteiger partial charge in [-0.05, 0) is 37.8 Å². The van der Waals surface area contributed by atoms with Crippen molar-refractivity contribution in [1.29, 1.82) is 0 Å². The predicted octanol–water partition coefficient (Wildman–Crippen LogP) is 2.47. The van der Waals surface area contributed by atoms with E-state index in [0.717, 1.165) is 32.2 Å². The molecule has 0 aliphatic carbocycles. The lowest BCUT2D eigenvalue weighted by molar-refractivity contribution is 0.378. The SMILES string of the molecule is CCCNc1cccnc1S(=O)(=O)N1CCCC1CC. The fraction of sp³-hybridized carbons (Fsp3) is 0.643. The third-order valence-corrected chi connectivity index (χ3v) is 5.60. The summed E-state index contributed by atoms with van der Waals surface area (Å²) in [6.07, 6.45) is 5.21. The number of hydrogen-bond donors (Lipinski definition) is 1. The number of sulfonamides is 1.